The van der Waals surface area contributed by atoms with Crippen LogP contribution in [0.5, 0.6) is 0 Å². The summed E-state index contributed by atoms with van der Waals surface area (Å²) in [5, 5.41) is 0.190. The largest absolute Gasteiger partial charge is 0.206 e. The first-order valence-corrected chi connectivity index (χ1v) is 3.00. The molecule has 0 saturated heterocycles. The van der Waals surface area contributed by atoms with Gasteiger partial charge in [0.25, 0.3) is 0 Å². The molecular formula is C6H5BClF. The van der Waals surface area contributed by atoms with Crippen LogP contribution in [-0.2, 0) is 0 Å². The van der Waals surface area contributed by atoms with E-state index < -0.39 is 0 Å². The summed E-state index contributed by atoms with van der Waals surface area (Å²) in [6.07, 6.45) is 0. The Labute approximate surface area is 59.1 Å². The maximum Gasteiger partial charge on any atom is 0.143 e. The van der Waals surface area contributed by atoms with Gasteiger partial charge in [-0.1, -0.05) is 29.2 Å². The van der Waals surface area contributed by atoms with E-state index in [-0.39, 0.29) is 10.8 Å². The fourth-order valence-electron chi connectivity index (χ4n) is 0.612. The summed E-state index contributed by atoms with van der Waals surface area (Å²) in [6, 6.07) is 4.94. The second-order valence-corrected chi connectivity index (χ2v) is 2.28. The van der Waals surface area contributed by atoms with Gasteiger partial charge in [0.05, 0.1) is 5.02 Å². The van der Waals surface area contributed by atoms with Crippen LogP contribution >= 0.6 is 11.6 Å². The number of hydrogen-bond donors (Lipinski definition) is 0. The maximum absolute atomic E-state index is 12.6. The van der Waals surface area contributed by atoms with Crippen molar-refractivity contribution >= 4 is 24.9 Å². The second kappa shape index (κ2) is 2.40. The molecule has 0 fully saturated rings. The van der Waals surface area contributed by atoms with Crippen molar-refractivity contribution in [2.75, 3.05) is 0 Å². The van der Waals surface area contributed by atoms with E-state index in [4.69, 9.17) is 11.6 Å². The molecule has 1 aromatic carbocycles. The van der Waals surface area contributed by atoms with Crippen molar-refractivity contribution in [3.63, 3.8) is 0 Å². The number of benzene rings is 1. The van der Waals surface area contributed by atoms with Gasteiger partial charge < -0.3 is 0 Å². The van der Waals surface area contributed by atoms with Gasteiger partial charge in [0.2, 0.25) is 0 Å². The van der Waals surface area contributed by atoms with Crippen molar-refractivity contribution in [1.82, 2.24) is 0 Å². The van der Waals surface area contributed by atoms with Crippen LogP contribution in [-0.4, -0.2) is 7.85 Å². The molecule has 0 aliphatic heterocycles. The normalized spacial score (nSPS) is 9.56. The van der Waals surface area contributed by atoms with Gasteiger partial charge in [-0.15, -0.1) is 0 Å². The average Bonchev–Trinajstić information content (AvgIpc) is 1.83. The summed E-state index contributed by atoms with van der Waals surface area (Å²) in [5.41, 5.74) is 0.586. The van der Waals surface area contributed by atoms with Crippen LogP contribution in [0.15, 0.2) is 18.2 Å². The maximum atomic E-state index is 12.6. The number of rotatable bonds is 0. The van der Waals surface area contributed by atoms with E-state index in [2.05, 4.69) is 0 Å². The molecule has 0 radical (unpaired) electrons. The molecule has 0 heterocycles. The Hall–Kier alpha value is -0.495. The summed E-state index contributed by atoms with van der Waals surface area (Å²) < 4.78 is 12.6. The molecule has 9 heavy (non-hydrogen) atoms. The van der Waals surface area contributed by atoms with E-state index in [1.54, 1.807) is 20.0 Å². The van der Waals surface area contributed by atoms with Crippen molar-refractivity contribution < 1.29 is 4.39 Å². The molecule has 0 atom stereocenters. The van der Waals surface area contributed by atoms with Crippen molar-refractivity contribution in [2.24, 2.45) is 0 Å². The van der Waals surface area contributed by atoms with Crippen molar-refractivity contribution in [3.05, 3.63) is 29.0 Å². The fourth-order valence-corrected chi connectivity index (χ4v) is 0.833. The lowest BCUT2D eigenvalue weighted by Gasteiger charge is -1.94. The van der Waals surface area contributed by atoms with Gasteiger partial charge >= 0.3 is 0 Å². The highest BCUT2D eigenvalue weighted by atomic mass is 35.5. The third-order valence-corrected chi connectivity index (χ3v) is 1.44. The van der Waals surface area contributed by atoms with Gasteiger partial charge in [0.1, 0.15) is 13.7 Å². The molecule has 0 spiro atoms. The van der Waals surface area contributed by atoms with E-state index in [0.717, 1.165) is 0 Å². The van der Waals surface area contributed by atoms with E-state index in [0.29, 0.717) is 5.46 Å². The molecule has 0 amide bonds. The first kappa shape index (κ1) is 6.62. The SMILES string of the molecule is Bc1cccc(Cl)c1F. The topological polar surface area (TPSA) is 0 Å². The molecule has 0 bridgehead atoms. The standard InChI is InChI=1S/C6H5BClF/c7-4-2-1-3-5(8)6(4)9/h1-3H,7H2. The molecule has 0 aliphatic carbocycles. The van der Waals surface area contributed by atoms with Gasteiger partial charge in [0, 0.05) is 0 Å². The summed E-state index contributed by atoms with van der Waals surface area (Å²) in [4.78, 5) is 0. The minimum absolute atomic E-state index is 0.190. The second-order valence-electron chi connectivity index (χ2n) is 1.87. The lowest BCUT2D eigenvalue weighted by molar-refractivity contribution is 0.636. The highest BCUT2D eigenvalue weighted by Gasteiger charge is 1.98. The third-order valence-electron chi connectivity index (χ3n) is 1.14. The first-order valence-electron chi connectivity index (χ1n) is 2.62. The molecule has 0 unspecified atom stereocenters. The minimum atomic E-state index is -0.320. The van der Waals surface area contributed by atoms with E-state index in [9.17, 15) is 4.39 Å². The summed E-state index contributed by atoms with van der Waals surface area (Å²) >= 11 is 5.44. The predicted molar refractivity (Wildman–Crippen MR) is 39.6 cm³/mol. The van der Waals surface area contributed by atoms with Crippen LogP contribution in [0, 0.1) is 5.82 Å². The average molecular weight is 142 g/mol. The van der Waals surface area contributed by atoms with Crippen molar-refractivity contribution in [2.45, 2.75) is 0 Å². The minimum Gasteiger partial charge on any atom is -0.206 e. The Balaban J connectivity index is 3.25. The van der Waals surface area contributed by atoms with Crippen LogP contribution in [0.2, 0.25) is 5.02 Å². The fraction of sp³-hybridized carbons (Fsp3) is 0. The highest BCUT2D eigenvalue weighted by molar-refractivity contribution is 6.36. The Morgan fingerprint density at radius 1 is 1.44 bits per heavy atom. The molecule has 0 saturated carbocycles. The number of hydrogen-bond acceptors (Lipinski definition) is 0. The van der Waals surface area contributed by atoms with Gasteiger partial charge in [-0.05, 0) is 6.07 Å². The summed E-state index contributed by atoms with van der Waals surface area (Å²) in [6.45, 7) is 0. The molecule has 46 valence electrons. The quantitative estimate of drug-likeness (QED) is 0.469. The molecule has 0 N–H and O–H groups in total. The van der Waals surface area contributed by atoms with Crippen LogP contribution in [0.25, 0.3) is 0 Å². The van der Waals surface area contributed by atoms with E-state index >= 15 is 0 Å². The molecule has 1 rings (SSSR count). The van der Waals surface area contributed by atoms with E-state index in [1.807, 2.05) is 0 Å². The smallest absolute Gasteiger partial charge is 0.143 e. The number of halogens is 2. The Morgan fingerprint density at radius 2 is 2.11 bits per heavy atom. The van der Waals surface area contributed by atoms with Gasteiger partial charge in [0.15, 0.2) is 0 Å². The molecule has 1 aromatic rings. The predicted octanol–water partition coefficient (Wildman–Crippen LogP) is 0.738. The zero-order valence-electron chi connectivity index (χ0n) is 4.99. The molecule has 0 aromatic heterocycles. The van der Waals surface area contributed by atoms with Crippen LogP contribution in [0.4, 0.5) is 4.39 Å². The van der Waals surface area contributed by atoms with Crippen molar-refractivity contribution in [1.29, 1.82) is 0 Å². The van der Waals surface area contributed by atoms with Gasteiger partial charge in [-0.25, -0.2) is 4.39 Å². The first-order chi connectivity index (χ1) is 4.22. The monoisotopic (exact) mass is 142 g/mol. The highest BCUT2D eigenvalue weighted by Crippen LogP contribution is 2.09. The lowest BCUT2D eigenvalue weighted by Crippen LogP contribution is -2.07. The van der Waals surface area contributed by atoms with Crippen LogP contribution in [0.1, 0.15) is 0 Å². The summed E-state index contributed by atoms with van der Waals surface area (Å²) in [5.74, 6) is -0.320. The van der Waals surface area contributed by atoms with Crippen LogP contribution in [0.3, 0.4) is 0 Å². The Kier molecular flexibility index (Phi) is 1.77. The molecule has 3 heteroatoms. The van der Waals surface area contributed by atoms with Crippen molar-refractivity contribution in [3.8, 4) is 0 Å². The zero-order chi connectivity index (χ0) is 6.85. The zero-order valence-corrected chi connectivity index (χ0v) is 5.74. The van der Waals surface area contributed by atoms with Crippen LogP contribution < -0.4 is 5.46 Å². The Morgan fingerprint density at radius 3 is 2.56 bits per heavy atom. The lowest BCUT2D eigenvalue weighted by atomic mass is 9.96. The summed E-state index contributed by atoms with van der Waals surface area (Å²) in [7, 11) is 1.68. The van der Waals surface area contributed by atoms with Gasteiger partial charge in [-0.3, -0.25) is 0 Å². The molecule has 0 aliphatic rings. The third kappa shape index (κ3) is 1.25. The van der Waals surface area contributed by atoms with E-state index in [1.165, 1.54) is 6.07 Å². The molecule has 0 nitrogen and oxygen atoms in total. The Bertz CT molecular complexity index is 204. The van der Waals surface area contributed by atoms with Gasteiger partial charge in [-0.2, -0.15) is 0 Å². The molecular weight excluding hydrogens is 137 g/mol.